The number of carbonyl (C=O) groups excluding carboxylic acids is 1. The minimum atomic E-state index is -0.137. The van der Waals surface area contributed by atoms with E-state index < -0.39 is 0 Å². The Morgan fingerprint density at radius 1 is 1.22 bits per heavy atom. The topological polar surface area (TPSA) is 46.9 Å². The Morgan fingerprint density at radius 3 is 2.74 bits per heavy atom. The van der Waals surface area contributed by atoms with E-state index in [9.17, 15) is 4.79 Å². The highest BCUT2D eigenvalue weighted by Gasteiger charge is 2.09. The van der Waals surface area contributed by atoms with Gasteiger partial charge in [-0.2, -0.15) is 5.10 Å². The van der Waals surface area contributed by atoms with Crippen molar-refractivity contribution >= 4 is 39.1 Å². The third kappa shape index (κ3) is 4.00. The molecule has 1 aromatic heterocycles. The zero-order valence-electron chi connectivity index (χ0n) is 12.0. The van der Waals surface area contributed by atoms with E-state index in [0.717, 1.165) is 15.7 Å². The van der Waals surface area contributed by atoms with E-state index in [2.05, 4.69) is 26.3 Å². The van der Waals surface area contributed by atoms with E-state index in [1.54, 1.807) is 23.0 Å². The molecule has 0 radical (unpaired) electrons. The van der Waals surface area contributed by atoms with Gasteiger partial charge in [-0.15, -0.1) is 0 Å². The molecule has 116 valence electrons. The second-order valence-corrected chi connectivity index (χ2v) is 6.30. The van der Waals surface area contributed by atoms with Crippen LogP contribution in [0, 0.1) is 0 Å². The summed E-state index contributed by atoms with van der Waals surface area (Å²) in [6, 6.07) is 15.1. The molecule has 0 atom stereocenters. The van der Waals surface area contributed by atoms with Crippen molar-refractivity contribution in [3.8, 4) is 5.69 Å². The van der Waals surface area contributed by atoms with Gasteiger partial charge in [0.25, 0.3) is 0 Å². The first kappa shape index (κ1) is 15.8. The van der Waals surface area contributed by atoms with Crippen molar-refractivity contribution in [2.75, 3.05) is 5.32 Å². The number of carbonyl (C=O) groups is 1. The predicted octanol–water partition coefficient (Wildman–Crippen LogP) is 4.47. The minimum Gasteiger partial charge on any atom is -0.324 e. The zero-order chi connectivity index (χ0) is 16.2. The molecule has 0 aliphatic heterocycles. The van der Waals surface area contributed by atoms with Crippen LogP contribution in [0.5, 0.6) is 0 Å². The molecule has 0 saturated carbocycles. The van der Waals surface area contributed by atoms with E-state index in [0.29, 0.717) is 10.7 Å². The highest BCUT2D eigenvalue weighted by molar-refractivity contribution is 9.10. The summed E-state index contributed by atoms with van der Waals surface area (Å²) in [5.41, 5.74) is 2.38. The fourth-order valence-corrected chi connectivity index (χ4v) is 2.86. The predicted molar refractivity (Wildman–Crippen MR) is 95.0 cm³/mol. The number of anilines is 1. The molecular formula is C17H13BrClN3O. The van der Waals surface area contributed by atoms with Crippen LogP contribution in [0.15, 0.2) is 65.4 Å². The van der Waals surface area contributed by atoms with E-state index in [4.69, 9.17) is 11.6 Å². The molecule has 23 heavy (non-hydrogen) atoms. The summed E-state index contributed by atoms with van der Waals surface area (Å²) in [7, 11) is 0. The summed E-state index contributed by atoms with van der Waals surface area (Å²) in [6.07, 6.45) is 3.77. The minimum absolute atomic E-state index is 0.137. The van der Waals surface area contributed by atoms with Gasteiger partial charge in [-0.1, -0.05) is 45.7 Å². The van der Waals surface area contributed by atoms with Crippen molar-refractivity contribution < 1.29 is 4.79 Å². The number of benzene rings is 2. The van der Waals surface area contributed by atoms with Gasteiger partial charge in [-0.05, 0) is 35.9 Å². The zero-order valence-corrected chi connectivity index (χ0v) is 14.4. The largest absolute Gasteiger partial charge is 0.324 e. The summed E-state index contributed by atoms with van der Waals surface area (Å²) in [6.45, 7) is 0. The van der Waals surface area contributed by atoms with Crippen molar-refractivity contribution in [1.29, 1.82) is 0 Å². The lowest BCUT2D eigenvalue weighted by Gasteiger charge is -2.06. The van der Waals surface area contributed by atoms with Gasteiger partial charge < -0.3 is 5.32 Å². The first-order valence-corrected chi connectivity index (χ1v) is 8.13. The maximum Gasteiger partial charge on any atom is 0.228 e. The van der Waals surface area contributed by atoms with Crippen LogP contribution < -0.4 is 5.32 Å². The molecule has 0 bridgehead atoms. The number of nitrogens with zero attached hydrogens (tertiary/aromatic N) is 2. The lowest BCUT2D eigenvalue weighted by Crippen LogP contribution is -2.14. The van der Waals surface area contributed by atoms with Gasteiger partial charge in [0, 0.05) is 10.7 Å². The van der Waals surface area contributed by atoms with Crippen LogP contribution in [0.1, 0.15) is 5.56 Å². The van der Waals surface area contributed by atoms with Gasteiger partial charge in [0.15, 0.2) is 0 Å². The second kappa shape index (κ2) is 6.98. The third-order valence-corrected chi connectivity index (χ3v) is 4.03. The Kier molecular flexibility index (Phi) is 4.79. The first-order chi connectivity index (χ1) is 11.1. The van der Waals surface area contributed by atoms with E-state index in [-0.39, 0.29) is 12.3 Å². The fourth-order valence-electron chi connectivity index (χ4n) is 2.14. The van der Waals surface area contributed by atoms with E-state index in [1.165, 1.54) is 0 Å². The standard InChI is InChI=1S/C17H13BrClN3O/c18-13-6-7-16(15(19)9-13)21-17(23)8-12-10-20-22(11-12)14-4-2-1-3-5-14/h1-7,9-11H,8H2,(H,21,23). The molecule has 0 spiro atoms. The molecule has 0 saturated heterocycles. The Morgan fingerprint density at radius 2 is 2.00 bits per heavy atom. The number of para-hydroxylation sites is 1. The van der Waals surface area contributed by atoms with Gasteiger partial charge in [-0.25, -0.2) is 4.68 Å². The number of amides is 1. The monoisotopic (exact) mass is 389 g/mol. The Balaban J connectivity index is 1.68. The lowest BCUT2D eigenvalue weighted by molar-refractivity contribution is -0.115. The normalized spacial score (nSPS) is 10.5. The second-order valence-electron chi connectivity index (χ2n) is 4.98. The Labute approximate surface area is 147 Å². The molecular weight excluding hydrogens is 378 g/mol. The molecule has 0 aliphatic carbocycles. The van der Waals surface area contributed by atoms with Crippen LogP contribution in [0.2, 0.25) is 5.02 Å². The molecule has 3 rings (SSSR count). The van der Waals surface area contributed by atoms with Gasteiger partial charge in [-0.3, -0.25) is 4.79 Å². The summed E-state index contributed by atoms with van der Waals surface area (Å²) in [5, 5.41) is 7.58. The van der Waals surface area contributed by atoms with E-state index in [1.807, 2.05) is 42.6 Å². The van der Waals surface area contributed by atoms with Crippen LogP contribution >= 0.6 is 27.5 Å². The Bertz CT molecular complexity index is 833. The summed E-state index contributed by atoms with van der Waals surface area (Å²) in [4.78, 5) is 12.1. The van der Waals surface area contributed by atoms with Gasteiger partial charge in [0.2, 0.25) is 5.91 Å². The van der Waals surface area contributed by atoms with Crippen molar-refractivity contribution in [3.63, 3.8) is 0 Å². The fraction of sp³-hybridized carbons (Fsp3) is 0.0588. The van der Waals surface area contributed by atoms with Crippen molar-refractivity contribution in [2.24, 2.45) is 0 Å². The highest BCUT2D eigenvalue weighted by Crippen LogP contribution is 2.25. The Hall–Kier alpha value is -2.11. The van der Waals surface area contributed by atoms with Crippen LogP contribution in [-0.4, -0.2) is 15.7 Å². The van der Waals surface area contributed by atoms with Crippen molar-refractivity contribution in [3.05, 3.63) is 76.0 Å². The average Bonchev–Trinajstić information content (AvgIpc) is 2.99. The highest BCUT2D eigenvalue weighted by atomic mass is 79.9. The SMILES string of the molecule is O=C(Cc1cnn(-c2ccccc2)c1)Nc1ccc(Br)cc1Cl. The molecule has 3 aromatic rings. The lowest BCUT2D eigenvalue weighted by atomic mass is 10.2. The number of aromatic nitrogens is 2. The van der Waals surface area contributed by atoms with Crippen LogP contribution in [0.4, 0.5) is 5.69 Å². The molecule has 2 aromatic carbocycles. The first-order valence-electron chi connectivity index (χ1n) is 6.96. The summed E-state index contributed by atoms with van der Waals surface area (Å²) in [5.74, 6) is -0.137. The summed E-state index contributed by atoms with van der Waals surface area (Å²) < 4.78 is 2.61. The molecule has 1 amide bonds. The van der Waals surface area contributed by atoms with Crippen LogP contribution in [-0.2, 0) is 11.2 Å². The maximum absolute atomic E-state index is 12.1. The smallest absolute Gasteiger partial charge is 0.228 e. The molecule has 0 aliphatic rings. The number of halogens is 2. The molecule has 0 unspecified atom stereocenters. The molecule has 0 fully saturated rings. The molecule has 4 nitrogen and oxygen atoms in total. The molecule has 1 N–H and O–H groups in total. The third-order valence-electron chi connectivity index (χ3n) is 3.23. The van der Waals surface area contributed by atoms with Crippen molar-refractivity contribution in [1.82, 2.24) is 9.78 Å². The van der Waals surface area contributed by atoms with E-state index >= 15 is 0 Å². The quantitative estimate of drug-likeness (QED) is 0.714. The maximum atomic E-state index is 12.1. The van der Waals surface area contributed by atoms with Crippen LogP contribution in [0.25, 0.3) is 5.69 Å². The van der Waals surface area contributed by atoms with Crippen LogP contribution in [0.3, 0.4) is 0 Å². The average molecular weight is 391 g/mol. The number of hydrogen-bond acceptors (Lipinski definition) is 2. The molecule has 1 heterocycles. The van der Waals surface area contributed by atoms with Gasteiger partial charge in [0.1, 0.15) is 0 Å². The van der Waals surface area contributed by atoms with Gasteiger partial charge in [0.05, 0.1) is 29.0 Å². The number of rotatable bonds is 4. The number of nitrogens with one attached hydrogen (secondary N) is 1. The van der Waals surface area contributed by atoms with Crippen molar-refractivity contribution in [2.45, 2.75) is 6.42 Å². The summed E-state index contributed by atoms with van der Waals surface area (Å²) >= 11 is 9.43. The molecule has 6 heteroatoms. The number of hydrogen-bond donors (Lipinski definition) is 1. The van der Waals surface area contributed by atoms with Gasteiger partial charge >= 0.3 is 0 Å².